The summed E-state index contributed by atoms with van der Waals surface area (Å²) in [5, 5.41) is 0. The second-order valence-corrected chi connectivity index (χ2v) is 8.37. The van der Waals surface area contributed by atoms with Gasteiger partial charge in [0, 0.05) is 24.7 Å². The second-order valence-electron chi connectivity index (χ2n) is 6.48. The van der Waals surface area contributed by atoms with Crippen LogP contribution in [0.25, 0.3) is 11.3 Å². The Morgan fingerprint density at radius 2 is 1.86 bits per heavy atom. The molecule has 0 amide bonds. The molecule has 0 saturated heterocycles. The molecule has 0 radical (unpaired) electrons. The normalized spacial score (nSPS) is 13.4. The topological polar surface area (TPSA) is 82.5 Å². The van der Waals surface area contributed by atoms with Crippen molar-refractivity contribution >= 4 is 10.0 Å². The Balaban J connectivity index is 1.77. The first-order valence-electron chi connectivity index (χ1n) is 8.96. The van der Waals surface area contributed by atoms with Gasteiger partial charge in [-0.25, -0.2) is 18.1 Å². The Kier molecular flexibility index (Phi) is 4.82. The van der Waals surface area contributed by atoms with E-state index in [1.807, 2.05) is 6.20 Å². The van der Waals surface area contributed by atoms with Gasteiger partial charge in [0.25, 0.3) is 0 Å². The number of nitrogens with zero attached hydrogens (tertiary/aromatic N) is 2. The predicted molar refractivity (Wildman–Crippen MR) is 105 cm³/mol. The van der Waals surface area contributed by atoms with Crippen LogP contribution in [-0.2, 0) is 23.0 Å². The Morgan fingerprint density at radius 3 is 2.54 bits per heavy atom. The Labute approximate surface area is 164 Å². The van der Waals surface area contributed by atoms with Crippen LogP contribution in [0.5, 0.6) is 17.2 Å². The van der Waals surface area contributed by atoms with Crippen molar-refractivity contribution in [1.82, 2.24) is 14.3 Å². The molecule has 2 aromatic carbocycles. The van der Waals surface area contributed by atoms with Crippen molar-refractivity contribution in [3.63, 3.8) is 0 Å². The van der Waals surface area contributed by atoms with E-state index in [-0.39, 0.29) is 4.90 Å². The van der Waals surface area contributed by atoms with Crippen molar-refractivity contribution in [3.05, 3.63) is 54.5 Å². The minimum Gasteiger partial charge on any atom is -0.497 e. The zero-order valence-electron chi connectivity index (χ0n) is 15.7. The molecule has 8 heteroatoms. The second kappa shape index (κ2) is 7.29. The number of sulfonamides is 1. The molecule has 0 unspecified atom stereocenters. The molecule has 1 N–H and O–H groups in total. The van der Waals surface area contributed by atoms with Crippen LogP contribution < -0.4 is 14.2 Å². The van der Waals surface area contributed by atoms with E-state index in [4.69, 9.17) is 9.47 Å². The minimum atomic E-state index is -3.58. The number of imidazole rings is 1. The van der Waals surface area contributed by atoms with Gasteiger partial charge in [0.05, 0.1) is 17.7 Å². The van der Waals surface area contributed by atoms with Crippen LogP contribution in [0.4, 0.5) is 0 Å². The van der Waals surface area contributed by atoms with E-state index in [0.29, 0.717) is 22.8 Å². The number of hydrogen-bond donors (Lipinski definition) is 1. The van der Waals surface area contributed by atoms with Crippen molar-refractivity contribution in [3.8, 4) is 28.5 Å². The van der Waals surface area contributed by atoms with Crippen LogP contribution >= 0.6 is 0 Å². The molecular weight excluding hydrogens is 378 g/mol. The number of hydrogen-bond acceptors (Lipinski definition) is 5. The highest BCUT2D eigenvalue weighted by molar-refractivity contribution is 7.89. The number of methoxy groups -OCH3 is 1. The Bertz CT molecular complexity index is 1080. The lowest BCUT2D eigenvalue weighted by molar-refractivity contribution is 0.413. The number of rotatable bonds is 6. The van der Waals surface area contributed by atoms with Gasteiger partial charge in [-0.05, 0) is 55.9 Å². The smallest absolute Gasteiger partial charge is 0.240 e. The van der Waals surface area contributed by atoms with Gasteiger partial charge in [0.2, 0.25) is 10.0 Å². The van der Waals surface area contributed by atoms with Gasteiger partial charge in [-0.15, -0.1) is 0 Å². The molecule has 0 saturated carbocycles. The third-order valence-electron chi connectivity index (χ3n) is 4.75. The molecule has 0 aliphatic carbocycles. The molecular formula is C20H21N3O4S. The van der Waals surface area contributed by atoms with E-state index in [2.05, 4.69) is 14.3 Å². The molecule has 146 valence electrons. The summed E-state index contributed by atoms with van der Waals surface area (Å²) in [5.74, 6) is 2.90. The van der Waals surface area contributed by atoms with Gasteiger partial charge >= 0.3 is 0 Å². The van der Waals surface area contributed by atoms with E-state index >= 15 is 0 Å². The number of fused-ring (bicyclic) bond motifs is 1. The van der Waals surface area contributed by atoms with Gasteiger partial charge in [0.1, 0.15) is 23.1 Å². The Hall–Kier alpha value is -2.84. The fraction of sp³-hybridized carbons (Fsp3) is 0.250. The molecule has 0 fully saturated rings. The summed E-state index contributed by atoms with van der Waals surface area (Å²) in [6.45, 7) is 0.922. The molecule has 1 aliphatic heterocycles. The average Bonchev–Trinajstić information content (AvgIpc) is 3.31. The SMILES string of the molecule is CNS(=O)(=O)c1ccc(Oc2ccc(OC)cc2)c(-c2cn3c(n2)CCC3)c1. The number of aromatic nitrogens is 2. The molecule has 0 spiro atoms. The third-order valence-corrected chi connectivity index (χ3v) is 6.16. The molecule has 7 nitrogen and oxygen atoms in total. The van der Waals surface area contributed by atoms with Crippen LogP contribution in [0, 0.1) is 0 Å². The lowest BCUT2D eigenvalue weighted by Crippen LogP contribution is -2.18. The maximum absolute atomic E-state index is 12.3. The van der Waals surface area contributed by atoms with E-state index in [1.54, 1.807) is 43.5 Å². The maximum atomic E-state index is 12.3. The largest absolute Gasteiger partial charge is 0.497 e. The highest BCUT2D eigenvalue weighted by Crippen LogP contribution is 2.36. The van der Waals surface area contributed by atoms with E-state index in [0.717, 1.165) is 31.0 Å². The van der Waals surface area contributed by atoms with Gasteiger partial charge in [-0.1, -0.05) is 0 Å². The van der Waals surface area contributed by atoms with Crippen molar-refractivity contribution in [2.24, 2.45) is 0 Å². The van der Waals surface area contributed by atoms with E-state index < -0.39 is 10.0 Å². The summed E-state index contributed by atoms with van der Waals surface area (Å²) in [7, 11) is -0.584. The molecule has 28 heavy (non-hydrogen) atoms. The van der Waals surface area contributed by atoms with Crippen molar-refractivity contribution < 1.29 is 17.9 Å². The molecule has 1 aromatic heterocycles. The summed E-state index contributed by atoms with van der Waals surface area (Å²) >= 11 is 0. The van der Waals surface area contributed by atoms with Crippen LogP contribution in [-0.4, -0.2) is 32.1 Å². The third kappa shape index (κ3) is 3.48. The molecule has 1 aliphatic rings. The number of ether oxygens (including phenoxy) is 2. The summed E-state index contributed by atoms with van der Waals surface area (Å²) < 4.78 is 40.2. The molecule has 4 rings (SSSR count). The summed E-state index contributed by atoms with van der Waals surface area (Å²) in [4.78, 5) is 4.85. The number of nitrogens with one attached hydrogen (secondary N) is 1. The monoisotopic (exact) mass is 399 g/mol. The van der Waals surface area contributed by atoms with Crippen molar-refractivity contribution in [1.29, 1.82) is 0 Å². The molecule has 2 heterocycles. The summed E-state index contributed by atoms with van der Waals surface area (Å²) in [6.07, 6.45) is 3.95. The van der Waals surface area contributed by atoms with E-state index in [9.17, 15) is 8.42 Å². The lowest BCUT2D eigenvalue weighted by Gasteiger charge is -2.12. The van der Waals surface area contributed by atoms with Gasteiger partial charge in [0.15, 0.2) is 0 Å². The standard InChI is InChI=1S/C20H21N3O4S/c1-21-28(24,25)16-9-10-19(27-15-7-5-14(26-2)6-8-15)17(12-16)18-13-23-11-3-4-20(23)22-18/h5-10,12-13,21H,3-4,11H2,1-2H3. The molecule has 3 aromatic rings. The van der Waals surface area contributed by atoms with Crippen molar-refractivity contribution in [2.75, 3.05) is 14.2 Å². The van der Waals surface area contributed by atoms with Gasteiger partial charge < -0.3 is 14.0 Å². The lowest BCUT2D eigenvalue weighted by atomic mass is 10.1. The molecule has 0 bridgehead atoms. The Morgan fingerprint density at radius 1 is 1.11 bits per heavy atom. The number of aryl methyl sites for hydroxylation is 2. The average molecular weight is 399 g/mol. The molecule has 0 atom stereocenters. The first-order chi connectivity index (χ1) is 13.5. The first kappa shape index (κ1) is 18.5. The first-order valence-corrected chi connectivity index (χ1v) is 10.4. The van der Waals surface area contributed by atoms with Crippen LogP contribution in [0.1, 0.15) is 12.2 Å². The minimum absolute atomic E-state index is 0.167. The van der Waals surface area contributed by atoms with Crippen LogP contribution in [0.3, 0.4) is 0 Å². The zero-order valence-corrected chi connectivity index (χ0v) is 16.5. The fourth-order valence-corrected chi connectivity index (χ4v) is 3.99. The fourth-order valence-electron chi connectivity index (χ4n) is 3.24. The summed E-state index contributed by atoms with van der Waals surface area (Å²) in [5.41, 5.74) is 1.33. The van der Waals surface area contributed by atoms with Crippen LogP contribution in [0.2, 0.25) is 0 Å². The summed E-state index contributed by atoms with van der Waals surface area (Å²) in [6, 6.07) is 12.0. The van der Waals surface area contributed by atoms with E-state index in [1.165, 1.54) is 13.1 Å². The quantitative estimate of drug-likeness (QED) is 0.688. The van der Waals surface area contributed by atoms with Gasteiger partial charge in [-0.2, -0.15) is 0 Å². The maximum Gasteiger partial charge on any atom is 0.240 e. The van der Waals surface area contributed by atoms with Crippen LogP contribution in [0.15, 0.2) is 53.6 Å². The highest BCUT2D eigenvalue weighted by Gasteiger charge is 2.20. The van der Waals surface area contributed by atoms with Crippen molar-refractivity contribution in [2.45, 2.75) is 24.3 Å². The number of benzene rings is 2. The predicted octanol–water partition coefficient (Wildman–Crippen LogP) is 3.21. The van der Waals surface area contributed by atoms with Gasteiger partial charge in [-0.3, -0.25) is 0 Å². The zero-order chi connectivity index (χ0) is 19.7. The highest BCUT2D eigenvalue weighted by atomic mass is 32.2.